The van der Waals surface area contributed by atoms with Gasteiger partial charge in [-0.05, 0) is 47.9 Å². The zero-order chi connectivity index (χ0) is 12.4. The van der Waals surface area contributed by atoms with Crippen molar-refractivity contribution in [1.82, 2.24) is 0 Å². The molecule has 0 atom stereocenters. The summed E-state index contributed by atoms with van der Waals surface area (Å²) in [6.45, 7) is 1.93. The number of rotatable bonds is 2. The highest BCUT2D eigenvalue weighted by Gasteiger charge is 2.05. The highest BCUT2D eigenvalue weighted by atomic mass is 19.1. The number of phenolic OH excluding ortho intramolecular Hbond substituents is 1. The summed E-state index contributed by atoms with van der Waals surface area (Å²) in [5.41, 5.74) is 2.60. The maximum absolute atomic E-state index is 13.2. The fourth-order valence-electron chi connectivity index (χ4n) is 1.74. The van der Waals surface area contributed by atoms with Crippen LogP contribution in [0.15, 0.2) is 36.4 Å². The number of benzene rings is 2. The minimum Gasteiger partial charge on any atom is -0.505 e. The molecule has 2 rings (SSSR count). The summed E-state index contributed by atoms with van der Waals surface area (Å²) in [6, 6.07) is 9.97. The van der Waals surface area contributed by atoms with Gasteiger partial charge >= 0.3 is 0 Å². The topological polar surface area (TPSA) is 29.5 Å². The zero-order valence-corrected chi connectivity index (χ0v) is 9.70. The van der Waals surface area contributed by atoms with Crippen LogP contribution >= 0.6 is 0 Å². The molecule has 88 valence electrons. The van der Waals surface area contributed by atoms with Gasteiger partial charge in [-0.25, -0.2) is 4.39 Å². The molecule has 2 aromatic rings. The number of methoxy groups -OCH3 is 1. The van der Waals surface area contributed by atoms with Crippen LogP contribution in [0, 0.1) is 12.7 Å². The molecule has 0 bridgehead atoms. The second kappa shape index (κ2) is 4.45. The predicted molar refractivity (Wildman–Crippen MR) is 64.8 cm³/mol. The van der Waals surface area contributed by atoms with Crippen LogP contribution in [-0.2, 0) is 0 Å². The lowest BCUT2D eigenvalue weighted by Gasteiger charge is -2.08. The van der Waals surface area contributed by atoms with E-state index in [9.17, 15) is 4.39 Å². The minimum atomic E-state index is -0.615. The molecule has 0 heterocycles. The molecular weight excluding hydrogens is 219 g/mol. The van der Waals surface area contributed by atoms with Crippen LogP contribution in [0.3, 0.4) is 0 Å². The Morgan fingerprint density at radius 1 is 1.06 bits per heavy atom. The summed E-state index contributed by atoms with van der Waals surface area (Å²) in [5, 5.41) is 9.13. The number of phenols is 1. The van der Waals surface area contributed by atoms with Gasteiger partial charge in [-0.2, -0.15) is 0 Å². The summed E-state index contributed by atoms with van der Waals surface area (Å²) in [5.74, 6) is -0.150. The quantitative estimate of drug-likeness (QED) is 0.858. The highest BCUT2D eigenvalue weighted by molar-refractivity contribution is 5.66. The van der Waals surface area contributed by atoms with Crippen molar-refractivity contribution in [2.75, 3.05) is 7.11 Å². The molecule has 2 aromatic carbocycles. The van der Waals surface area contributed by atoms with E-state index in [-0.39, 0.29) is 5.75 Å². The average molecular weight is 232 g/mol. The van der Waals surface area contributed by atoms with Crippen molar-refractivity contribution < 1.29 is 14.2 Å². The van der Waals surface area contributed by atoms with Crippen LogP contribution < -0.4 is 4.74 Å². The summed E-state index contributed by atoms with van der Waals surface area (Å²) >= 11 is 0. The Bertz CT molecular complexity index is 550. The number of aromatic hydroxyl groups is 1. The number of ether oxygens (including phenoxy) is 1. The Morgan fingerprint density at radius 3 is 2.29 bits per heavy atom. The van der Waals surface area contributed by atoms with E-state index in [2.05, 4.69) is 0 Å². The highest BCUT2D eigenvalue weighted by Crippen LogP contribution is 2.28. The van der Waals surface area contributed by atoms with Crippen molar-refractivity contribution in [3.63, 3.8) is 0 Å². The van der Waals surface area contributed by atoms with Gasteiger partial charge in [0.05, 0.1) is 7.11 Å². The Kier molecular flexibility index (Phi) is 3.00. The zero-order valence-electron chi connectivity index (χ0n) is 9.70. The molecule has 0 aliphatic carbocycles. The SMILES string of the molecule is COc1ccc(-c2ccc(O)c(F)c2)cc1C. The third-order valence-corrected chi connectivity index (χ3v) is 2.68. The maximum Gasteiger partial charge on any atom is 0.165 e. The van der Waals surface area contributed by atoms with Crippen molar-refractivity contribution in [1.29, 1.82) is 0 Å². The molecule has 2 nitrogen and oxygen atoms in total. The first-order valence-corrected chi connectivity index (χ1v) is 5.25. The molecule has 17 heavy (non-hydrogen) atoms. The smallest absolute Gasteiger partial charge is 0.165 e. The van der Waals surface area contributed by atoms with Crippen molar-refractivity contribution >= 4 is 0 Å². The van der Waals surface area contributed by atoms with E-state index in [0.717, 1.165) is 22.4 Å². The van der Waals surface area contributed by atoms with Gasteiger partial charge in [-0.15, -0.1) is 0 Å². The third-order valence-electron chi connectivity index (χ3n) is 2.68. The van der Waals surface area contributed by atoms with E-state index in [4.69, 9.17) is 9.84 Å². The lowest BCUT2D eigenvalue weighted by atomic mass is 10.0. The second-order valence-electron chi connectivity index (χ2n) is 3.85. The molecule has 1 N–H and O–H groups in total. The summed E-state index contributed by atoms with van der Waals surface area (Å²) in [6.07, 6.45) is 0. The molecule has 0 spiro atoms. The van der Waals surface area contributed by atoms with Crippen LogP contribution in [0.4, 0.5) is 4.39 Å². The third kappa shape index (κ3) is 2.23. The monoisotopic (exact) mass is 232 g/mol. The van der Waals surface area contributed by atoms with Crippen LogP contribution in [0.1, 0.15) is 5.56 Å². The summed E-state index contributed by atoms with van der Waals surface area (Å²) in [7, 11) is 1.61. The molecule has 0 unspecified atom stereocenters. The fraction of sp³-hybridized carbons (Fsp3) is 0.143. The first-order valence-electron chi connectivity index (χ1n) is 5.25. The molecule has 0 fully saturated rings. The van der Waals surface area contributed by atoms with E-state index in [0.29, 0.717) is 0 Å². The second-order valence-corrected chi connectivity index (χ2v) is 3.85. The Morgan fingerprint density at radius 2 is 1.71 bits per heavy atom. The van der Waals surface area contributed by atoms with Gasteiger partial charge in [0.25, 0.3) is 0 Å². The lowest BCUT2D eigenvalue weighted by molar-refractivity contribution is 0.412. The molecule has 0 saturated heterocycles. The van der Waals surface area contributed by atoms with Crippen molar-refractivity contribution in [3.8, 4) is 22.6 Å². The summed E-state index contributed by atoms with van der Waals surface area (Å²) in [4.78, 5) is 0. The van der Waals surface area contributed by atoms with Crippen LogP contribution in [0.25, 0.3) is 11.1 Å². The average Bonchev–Trinajstić information content (AvgIpc) is 2.32. The molecule has 0 aliphatic heterocycles. The first-order chi connectivity index (χ1) is 8.11. The standard InChI is InChI=1S/C14H13FO2/c1-9-7-10(4-6-14(9)17-2)11-3-5-13(16)12(15)8-11/h3-8,16H,1-2H3. The molecule has 0 saturated carbocycles. The van der Waals surface area contributed by atoms with Crippen molar-refractivity contribution in [2.45, 2.75) is 6.92 Å². The summed E-state index contributed by atoms with van der Waals surface area (Å²) < 4.78 is 18.4. The van der Waals surface area contributed by atoms with Gasteiger partial charge in [-0.3, -0.25) is 0 Å². The molecule has 0 aromatic heterocycles. The Labute approximate surface area is 99.3 Å². The van der Waals surface area contributed by atoms with Gasteiger partial charge < -0.3 is 9.84 Å². The molecule has 3 heteroatoms. The molecule has 0 aliphatic rings. The number of hydrogen-bond acceptors (Lipinski definition) is 2. The first kappa shape index (κ1) is 11.5. The van der Waals surface area contributed by atoms with Crippen LogP contribution in [0.5, 0.6) is 11.5 Å². The lowest BCUT2D eigenvalue weighted by Crippen LogP contribution is -1.88. The molecule has 0 amide bonds. The minimum absolute atomic E-state index is 0.334. The van der Waals surface area contributed by atoms with Gasteiger partial charge in [0.1, 0.15) is 5.75 Å². The van der Waals surface area contributed by atoms with Crippen LogP contribution in [-0.4, -0.2) is 12.2 Å². The van der Waals surface area contributed by atoms with E-state index in [1.54, 1.807) is 13.2 Å². The fourth-order valence-corrected chi connectivity index (χ4v) is 1.74. The largest absolute Gasteiger partial charge is 0.505 e. The number of halogens is 1. The molecule has 0 radical (unpaired) electrons. The van der Waals surface area contributed by atoms with Gasteiger partial charge in [0.2, 0.25) is 0 Å². The normalized spacial score (nSPS) is 10.3. The Balaban J connectivity index is 2.46. The van der Waals surface area contributed by atoms with Gasteiger partial charge in [-0.1, -0.05) is 12.1 Å². The van der Waals surface area contributed by atoms with E-state index >= 15 is 0 Å². The maximum atomic E-state index is 13.2. The Hall–Kier alpha value is -2.03. The van der Waals surface area contributed by atoms with Gasteiger partial charge in [0.15, 0.2) is 11.6 Å². The van der Waals surface area contributed by atoms with E-state index in [1.807, 2.05) is 25.1 Å². The number of hydrogen-bond donors (Lipinski definition) is 1. The number of aryl methyl sites for hydroxylation is 1. The van der Waals surface area contributed by atoms with Crippen molar-refractivity contribution in [2.24, 2.45) is 0 Å². The van der Waals surface area contributed by atoms with E-state index in [1.165, 1.54) is 12.1 Å². The molecular formula is C14H13FO2. The van der Waals surface area contributed by atoms with Gasteiger partial charge in [0, 0.05) is 0 Å². The van der Waals surface area contributed by atoms with Crippen LogP contribution in [0.2, 0.25) is 0 Å². The predicted octanol–water partition coefficient (Wildman–Crippen LogP) is 3.52. The van der Waals surface area contributed by atoms with Crippen molar-refractivity contribution in [3.05, 3.63) is 47.8 Å². The van der Waals surface area contributed by atoms with E-state index < -0.39 is 5.82 Å².